The van der Waals surface area contributed by atoms with E-state index in [0.29, 0.717) is 6.42 Å². The molecule has 2 rings (SSSR count). The highest BCUT2D eigenvalue weighted by atomic mass is 16.5. The summed E-state index contributed by atoms with van der Waals surface area (Å²) in [5, 5.41) is 0. The molecule has 0 aliphatic carbocycles. The summed E-state index contributed by atoms with van der Waals surface area (Å²) in [4.78, 5) is 12.0. The van der Waals surface area contributed by atoms with Gasteiger partial charge in [-0.2, -0.15) is 0 Å². The summed E-state index contributed by atoms with van der Waals surface area (Å²) in [6.07, 6.45) is 0.575. The van der Waals surface area contributed by atoms with Crippen LogP contribution < -0.4 is 10.5 Å². The van der Waals surface area contributed by atoms with Crippen LogP contribution in [-0.2, 0) is 22.6 Å². The predicted octanol–water partition coefficient (Wildman–Crippen LogP) is 3.09. The normalized spacial score (nSPS) is 12.0. The Morgan fingerprint density at radius 3 is 2.26 bits per heavy atom. The molecule has 2 aromatic carbocycles. The van der Waals surface area contributed by atoms with Crippen molar-refractivity contribution in [1.82, 2.24) is 0 Å². The summed E-state index contributed by atoms with van der Waals surface area (Å²) in [5.41, 5.74) is 7.85. The first-order chi connectivity index (χ1) is 11.0. The second-order valence-electron chi connectivity index (χ2n) is 5.71. The fourth-order valence-electron chi connectivity index (χ4n) is 2.15. The third kappa shape index (κ3) is 5.75. The van der Waals surface area contributed by atoms with Crippen molar-refractivity contribution in [1.29, 1.82) is 0 Å². The largest absolute Gasteiger partial charge is 0.491 e. The van der Waals surface area contributed by atoms with E-state index in [1.165, 1.54) is 0 Å². The van der Waals surface area contributed by atoms with E-state index in [1.54, 1.807) is 0 Å². The number of benzene rings is 2. The van der Waals surface area contributed by atoms with Crippen LogP contribution in [0.2, 0.25) is 0 Å². The third-order valence-electron chi connectivity index (χ3n) is 3.28. The molecule has 0 radical (unpaired) electrons. The molecule has 122 valence electrons. The number of carbonyl (C=O) groups is 1. The smallest absolute Gasteiger partial charge is 0.323 e. The van der Waals surface area contributed by atoms with Crippen molar-refractivity contribution < 1.29 is 14.3 Å². The molecule has 0 aromatic heterocycles. The molecule has 0 amide bonds. The van der Waals surface area contributed by atoms with Crippen molar-refractivity contribution in [3.8, 4) is 5.75 Å². The summed E-state index contributed by atoms with van der Waals surface area (Å²) in [5.74, 6) is 0.417. The highest BCUT2D eigenvalue weighted by Crippen LogP contribution is 2.15. The average molecular weight is 313 g/mol. The van der Waals surface area contributed by atoms with Crippen molar-refractivity contribution in [2.75, 3.05) is 0 Å². The van der Waals surface area contributed by atoms with E-state index in [9.17, 15) is 4.79 Å². The van der Waals surface area contributed by atoms with Crippen LogP contribution >= 0.6 is 0 Å². The highest BCUT2D eigenvalue weighted by molar-refractivity contribution is 5.75. The summed E-state index contributed by atoms with van der Waals surface area (Å²) in [6.45, 7) is 4.20. The molecule has 1 atom stereocenters. The zero-order chi connectivity index (χ0) is 16.7. The molecule has 23 heavy (non-hydrogen) atoms. The van der Waals surface area contributed by atoms with E-state index >= 15 is 0 Å². The molecule has 0 fully saturated rings. The monoisotopic (exact) mass is 313 g/mol. The summed E-state index contributed by atoms with van der Waals surface area (Å²) >= 11 is 0. The number of carbonyl (C=O) groups excluding carboxylic acids is 1. The van der Waals surface area contributed by atoms with Crippen LogP contribution in [0.1, 0.15) is 25.0 Å². The number of nitrogens with two attached hydrogens (primary N) is 1. The first-order valence-electron chi connectivity index (χ1n) is 7.76. The first-order valence-corrected chi connectivity index (χ1v) is 7.76. The second-order valence-corrected chi connectivity index (χ2v) is 5.71. The summed E-state index contributed by atoms with van der Waals surface area (Å²) < 4.78 is 10.8. The molecule has 0 aliphatic rings. The number of hydrogen-bond acceptors (Lipinski definition) is 4. The van der Waals surface area contributed by atoms with Gasteiger partial charge in [-0.1, -0.05) is 42.5 Å². The zero-order valence-electron chi connectivity index (χ0n) is 13.6. The van der Waals surface area contributed by atoms with Gasteiger partial charge in [-0.25, -0.2) is 0 Å². The lowest BCUT2D eigenvalue weighted by atomic mass is 10.1. The number of esters is 1. The maximum Gasteiger partial charge on any atom is 0.323 e. The van der Waals surface area contributed by atoms with Gasteiger partial charge in [-0.3, -0.25) is 4.79 Å². The Kier molecular flexibility index (Phi) is 6.18. The number of rotatable bonds is 7. The minimum atomic E-state index is -0.671. The Hall–Kier alpha value is -2.33. The van der Waals surface area contributed by atoms with Crippen LogP contribution in [0.25, 0.3) is 0 Å². The first kappa shape index (κ1) is 17.0. The van der Waals surface area contributed by atoms with Crippen LogP contribution in [0.3, 0.4) is 0 Å². The van der Waals surface area contributed by atoms with Crippen LogP contribution in [0.4, 0.5) is 0 Å². The van der Waals surface area contributed by atoms with Gasteiger partial charge in [0.25, 0.3) is 0 Å². The Bertz CT molecular complexity index is 608. The van der Waals surface area contributed by atoms with Gasteiger partial charge in [0.2, 0.25) is 0 Å². The minimum Gasteiger partial charge on any atom is -0.491 e. The molecule has 0 saturated carbocycles. The van der Waals surface area contributed by atoms with Gasteiger partial charge in [-0.15, -0.1) is 0 Å². The average Bonchev–Trinajstić information content (AvgIpc) is 2.55. The number of hydrogen-bond donors (Lipinski definition) is 1. The van der Waals surface area contributed by atoms with Gasteiger partial charge >= 0.3 is 5.97 Å². The Morgan fingerprint density at radius 1 is 1.00 bits per heavy atom. The standard InChI is InChI=1S/C19H23NO3/c1-14(2)23-17-10-8-15(9-11-17)12-18(20)19(21)22-13-16-6-4-3-5-7-16/h3-11,14,18H,12-13,20H2,1-2H3. The van der Waals surface area contributed by atoms with Gasteiger partial charge in [0.15, 0.2) is 0 Å². The second kappa shape index (κ2) is 8.34. The lowest BCUT2D eigenvalue weighted by Gasteiger charge is -2.13. The van der Waals surface area contributed by atoms with Gasteiger partial charge in [0, 0.05) is 0 Å². The quantitative estimate of drug-likeness (QED) is 0.798. The SMILES string of the molecule is CC(C)Oc1ccc(CC(N)C(=O)OCc2ccccc2)cc1. The van der Waals surface area contributed by atoms with Crippen molar-refractivity contribution in [3.63, 3.8) is 0 Å². The molecular formula is C19H23NO3. The molecule has 0 saturated heterocycles. The van der Waals surface area contributed by atoms with Gasteiger partial charge in [-0.05, 0) is 43.5 Å². The van der Waals surface area contributed by atoms with Crippen molar-refractivity contribution in [3.05, 3.63) is 65.7 Å². The van der Waals surface area contributed by atoms with Crippen molar-refractivity contribution >= 4 is 5.97 Å². The zero-order valence-corrected chi connectivity index (χ0v) is 13.6. The maximum atomic E-state index is 12.0. The van der Waals surface area contributed by atoms with Crippen LogP contribution in [0.5, 0.6) is 5.75 Å². The third-order valence-corrected chi connectivity index (χ3v) is 3.28. The highest BCUT2D eigenvalue weighted by Gasteiger charge is 2.16. The van der Waals surface area contributed by atoms with Gasteiger partial charge in [0.1, 0.15) is 18.4 Å². The Labute approximate surface area is 137 Å². The number of ether oxygens (including phenoxy) is 2. The molecule has 0 heterocycles. The fraction of sp³-hybridized carbons (Fsp3) is 0.316. The van der Waals surface area contributed by atoms with Crippen LogP contribution in [0, 0.1) is 0 Å². The lowest BCUT2D eigenvalue weighted by molar-refractivity contribution is -0.146. The van der Waals surface area contributed by atoms with Gasteiger partial charge in [0.05, 0.1) is 6.10 Å². The molecular weight excluding hydrogens is 290 g/mol. The van der Waals surface area contributed by atoms with E-state index in [1.807, 2.05) is 68.4 Å². The van der Waals surface area contributed by atoms with Crippen molar-refractivity contribution in [2.24, 2.45) is 5.73 Å². The van der Waals surface area contributed by atoms with Crippen LogP contribution in [0.15, 0.2) is 54.6 Å². The van der Waals surface area contributed by atoms with E-state index in [4.69, 9.17) is 15.2 Å². The molecule has 2 N–H and O–H groups in total. The van der Waals surface area contributed by atoms with E-state index in [-0.39, 0.29) is 12.7 Å². The topological polar surface area (TPSA) is 61.5 Å². The summed E-state index contributed by atoms with van der Waals surface area (Å²) in [7, 11) is 0. The predicted molar refractivity (Wildman–Crippen MR) is 90.1 cm³/mol. The van der Waals surface area contributed by atoms with Gasteiger partial charge < -0.3 is 15.2 Å². The molecule has 4 heteroatoms. The van der Waals surface area contributed by atoms with E-state index in [2.05, 4.69) is 0 Å². The molecule has 1 unspecified atom stereocenters. The Morgan fingerprint density at radius 2 is 1.65 bits per heavy atom. The molecule has 0 spiro atoms. The lowest BCUT2D eigenvalue weighted by Crippen LogP contribution is -2.34. The van der Waals surface area contributed by atoms with Crippen LogP contribution in [-0.4, -0.2) is 18.1 Å². The molecule has 2 aromatic rings. The minimum absolute atomic E-state index is 0.135. The fourth-order valence-corrected chi connectivity index (χ4v) is 2.15. The molecule has 4 nitrogen and oxygen atoms in total. The van der Waals surface area contributed by atoms with E-state index in [0.717, 1.165) is 16.9 Å². The molecule has 0 bridgehead atoms. The summed E-state index contributed by atoms with van der Waals surface area (Å²) in [6, 6.07) is 16.5. The molecule has 0 aliphatic heterocycles. The maximum absolute atomic E-state index is 12.0. The van der Waals surface area contributed by atoms with E-state index < -0.39 is 12.0 Å². The van der Waals surface area contributed by atoms with Crippen molar-refractivity contribution in [2.45, 2.75) is 39.0 Å². The Balaban J connectivity index is 1.83.